The van der Waals surface area contributed by atoms with Crippen LogP contribution in [0.4, 0.5) is 5.69 Å². The number of carbonyl (C=O) groups excluding carboxylic acids is 1. The molecule has 0 fully saturated rings. The van der Waals surface area contributed by atoms with Gasteiger partial charge in [0.2, 0.25) is 0 Å². The molecule has 0 aliphatic carbocycles. The first-order valence-electron chi connectivity index (χ1n) is 5.88. The number of aliphatic carboxylic acids is 1. The third kappa shape index (κ3) is 3.50. The Balaban J connectivity index is 3.05. The molecule has 1 amide bonds. The molecule has 0 aromatic carbocycles. The standard InChI is InChI=1S/C12H15N3O5/c1-6(2)10(12(17)18)14-11(16)9-4-8(15(19)20)5-13-7(9)3/h4-6,10H,1-3H3,(H,14,16)(H,17,18)/t10-/m0/s1. The van der Waals surface area contributed by atoms with Crippen molar-refractivity contribution in [1.29, 1.82) is 0 Å². The SMILES string of the molecule is Cc1ncc([N+](=O)[O-])cc1C(=O)N[C@H](C(=O)O)C(C)C. The van der Waals surface area contributed by atoms with E-state index in [-0.39, 0.29) is 17.2 Å². The van der Waals surface area contributed by atoms with Crippen LogP contribution in [0.2, 0.25) is 0 Å². The van der Waals surface area contributed by atoms with E-state index < -0.39 is 22.8 Å². The minimum Gasteiger partial charge on any atom is -0.480 e. The van der Waals surface area contributed by atoms with Gasteiger partial charge in [-0.2, -0.15) is 0 Å². The van der Waals surface area contributed by atoms with E-state index >= 15 is 0 Å². The van der Waals surface area contributed by atoms with Gasteiger partial charge in [0.25, 0.3) is 11.6 Å². The number of aromatic nitrogens is 1. The minimum atomic E-state index is -1.16. The number of pyridine rings is 1. The van der Waals surface area contributed by atoms with E-state index in [0.717, 1.165) is 12.3 Å². The number of nitrogens with zero attached hydrogens (tertiary/aromatic N) is 2. The largest absolute Gasteiger partial charge is 0.480 e. The molecule has 1 heterocycles. The molecule has 2 N–H and O–H groups in total. The maximum absolute atomic E-state index is 12.0. The molecule has 0 aliphatic rings. The highest BCUT2D eigenvalue weighted by Gasteiger charge is 2.25. The van der Waals surface area contributed by atoms with Gasteiger partial charge in [-0.05, 0) is 12.8 Å². The lowest BCUT2D eigenvalue weighted by Crippen LogP contribution is -2.44. The summed E-state index contributed by atoms with van der Waals surface area (Å²) < 4.78 is 0. The topological polar surface area (TPSA) is 122 Å². The van der Waals surface area contributed by atoms with Gasteiger partial charge in [0.15, 0.2) is 0 Å². The van der Waals surface area contributed by atoms with Gasteiger partial charge in [-0.3, -0.25) is 19.9 Å². The normalized spacial score (nSPS) is 12.0. The molecule has 0 aliphatic heterocycles. The fourth-order valence-corrected chi connectivity index (χ4v) is 1.58. The number of carboxylic acids is 1. The second-order valence-electron chi connectivity index (χ2n) is 4.62. The van der Waals surface area contributed by atoms with E-state index in [4.69, 9.17) is 5.11 Å². The van der Waals surface area contributed by atoms with Crippen molar-refractivity contribution < 1.29 is 19.6 Å². The molecule has 8 nitrogen and oxygen atoms in total. The van der Waals surface area contributed by atoms with E-state index in [1.807, 2.05) is 0 Å². The van der Waals surface area contributed by atoms with Crippen molar-refractivity contribution in [2.45, 2.75) is 26.8 Å². The van der Waals surface area contributed by atoms with Gasteiger partial charge < -0.3 is 10.4 Å². The molecule has 0 saturated heterocycles. The number of carboxylic acid groups (broad SMARTS) is 1. The van der Waals surface area contributed by atoms with E-state index in [1.165, 1.54) is 6.92 Å². The van der Waals surface area contributed by atoms with Crippen LogP contribution < -0.4 is 5.32 Å². The summed E-state index contributed by atoms with van der Waals surface area (Å²) in [5.41, 5.74) is -0.0377. The van der Waals surface area contributed by atoms with E-state index in [1.54, 1.807) is 13.8 Å². The zero-order valence-corrected chi connectivity index (χ0v) is 11.3. The van der Waals surface area contributed by atoms with Crippen LogP contribution in [0, 0.1) is 23.0 Å². The Morgan fingerprint density at radius 2 is 2.05 bits per heavy atom. The Morgan fingerprint density at radius 1 is 1.45 bits per heavy atom. The number of hydrogen-bond acceptors (Lipinski definition) is 5. The summed E-state index contributed by atoms with van der Waals surface area (Å²) >= 11 is 0. The molecule has 0 radical (unpaired) electrons. The molecule has 1 atom stereocenters. The zero-order valence-electron chi connectivity index (χ0n) is 11.3. The van der Waals surface area contributed by atoms with Crippen molar-refractivity contribution in [1.82, 2.24) is 10.3 Å². The summed E-state index contributed by atoms with van der Waals surface area (Å²) in [7, 11) is 0. The summed E-state index contributed by atoms with van der Waals surface area (Å²) in [5, 5.41) is 22.0. The molecule has 0 unspecified atom stereocenters. The Bertz CT molecular complexity index is 556. The highest BCUT2D eigenvalue weighted by molar-refractivity contribution is 5.97. The van der Waals surface area contributed by atoms with Crippen molar-refractivity contribution >= 4 is 17.6 Å². The lowest BCUT2D eigenvalue weighted by Gasteiger charge is -2.18. The maximum atomic E-state index is 12.0. The molecular formula is C12H15N3O5. The quantitative estimate of drug-likeness (QED) is 0.616. The van der Waals surface area contributed by atoms with Crippen molar-refractivity contribution in [3.05, 3.63) is 33.6 Å². The van der Waals surface area contributed by atoms with Crippen LogP contribution in [0.15, 0.2) is 12.3 Å². The second-order valence-corrected chi connectivity index (χ2v) is 4.62. The van der Waals surface area contributed by atoms with Crippen molar-refractivity contribution in [2.75, 3.05) is 0 Å². The molecule has 20 heavy (non-hydrogen) atoms. The number of nitro groups is 1. The van der Waals surface area contributed by atoms with Crippen molar-refractivity contribution in [2.24, 2.45) is 5.92 Å². The molecule has 1 aromatic heterocycles. The minimum absolute atomic E-state index is 0.00824. The number of carbonyl (C=O) groups is 2. The first-order chi connectivity index (χ1) is 9.23. The number of amides is 1. The highest BCUT2D eigenvalue weighted by atomic mass is 16.6. The second kappa shape index (κ2) is 6.09. The summed E-state index contributed by atoms with van der Waals surface area (Å²) in [6.45, 7) is 4.82. The van der Waals surface area contributed by atoms with Gasteiger partial charge in [0, 0.05) is 6.07 Å². The average Bonchev–Trinajstić information content (AvgIpc) is 2.34. The van der Waals surface area contributed by atoms with Gasteiger partial charge in [0.1, 0.15) is 12.2 Å². The van der Waals surface area contributed by atoms with Crippen LogP contribution in [-0.4, -0.2) is 32.9 Å². The van der Waals surface area contributed by atoms with Crippen molar-refractivity contribution in [3.63, 3.8) is 0 Å². The van der Waals surface area contributed by atoms with Gasteiger partial charge in [-0.25, -0.2) is 4.79 Å². The van der Waals surface area contributed by atoms with Crippen LogP contribution in [0.5, 0.6) is 0 Å². The number of hydrogen-bond donors (Lipinski definition) is 2. The molecular weight excluding hydrogens is 266 g/mol. The highest BCUT2D eigenvalue weighted by Crippen LogP contribution is 2.15. The van der Waals surface area contributed by atoms with E-state index in [2.05, 4.69) is 10.3 Å². The molecule has 0 bridgehead atoms. The van der Waals surface area contributed by atoms with Gasteiger partial charge in [-0.15, -0.1) is 0 Å². The third-order valence-electron chi connectivity index (χ3n) is 2.75. The fourth-order valence-electron chi connectivity index (χ4n) is 1.58. The molecule has 1 rings (SSSR count). The van der Waals surface area contributed by atoms with Crippen LogP contribution in [-0.2, 0) is 4.79 Å². The fraction of sp³-hybridized carbons (Fsp3) is 0.417. The summed E-state index contributed by atoms with van der Waals surface area (Å²) in [5.74, 6) is -2.17. The molecule has 1 aromatic rings. The van der Waals surface area contributed by atoms with Gasteiger partial charge in [-0.1, -0.05) is 13.8 Å². The Hall–Kier alpha value is -2.51. The Morgan fingerprint density at radius 3 is 2.50 bits per heavy atom. The van der Waals surface area contributed by atoms with E-state index in [0.29, 0.717) is 5.69 Å². The predicted octanol–water partition coefficient (Wildman–Crippen LogP) is 1.14. The summed E-state index contributed by atoms with van der Waals surface area (Å²) in [6.07, 6.45) is 1.04. The smallest absolute Gasteiger partial charge is 0.326 e. The lowest BCUT2D eigenvalue weighted by molar-refractivity contribution is -0.385. The first kappa shape index (κ1) is 15.5. The predicted molar refractivity (Wildman–Crippen MR) is 69.4 cm³/mol. The lowest BCUT2D eigenvalue weighted by atomic mass is 10.0. The number of aryl methyl sites for hydroxylation is 1. The van der Waals surface area contributed by atoms with Crippen LogP contribution in [0.1, 0.15) is 29.9 Å². The molecule has 0 spiro atoms. The van der Waals surface area contributed by atoms with Gasteiger partial charge in [0.05, 0.1) is 16.2 Å². The number of rotatable bonds is 5. The molecule has 0 saturated carbocycles. The van der Waals surface area contributed by atoms with Crippen LogP contribution >= 0.6 is 0 Å². The molecule has 108 valence electrons. The first-order valence-corrected chi connectivity index (χ1v) is 5.88. The average molecular weight is 281 g/mol. The van der Waals surface area contributed by atoms with E-state index in [9.17, 15) is 19.7 Å². The maximum Gasteiger partial charge on any atom is 0.326 e. The summed E-state index contributed by atoms with van der Waals surface area (Å²) in [4.78, 5) is 36.8. The Kier molecular flexibility index (Phi) is 4.73. The third-order valence-corrected chi connectivity index (χ3v) is 2.75. The van der Waals surface area contributed by atoms with Crippen LogP contribution in [0.25, 0.3) is 0 Å². The Labute approximate surface area is 115 Å². The number of nitrogens with one attached hydrogen (secondary N) is 1. The molecule has 8 heteroatoms. The summed E-state index contributed by atoms with van der Waals surface area (Å²) in [6, 6.07) is 0.0119. The zero-order chi connectivity index (χ0) is 15.4. The van der Waals surface area contributed by atoms with Crippen molar-refractivity contribution in [3.8, 4) is 0 Å². The monoisotopic (exact) mass is 281 g/mol. The van der Waals surface area contributed by atoms with Crippen LogP contribution in [0.3, 0.4) is 0 Å². The van der Waals surface area contributed by atoms with Gasteiger partial charge >= 0.3 is 5.97 Å².